The van der Waals surface area contributed by atoms with Gasteiger partial charge in [-0.25, -0.2) is 9.97 Å². The first kappa shape index (κ1) is 28.5. The Bertz CT molecular complexity index is 1010. The second kappa shape index (κ2) is 14.0. The quantitative estimate of drug-likeness (QED) is 0.325. The van der Waals surface area contributed by atoms with E-state index in [9.17, 15) is 9.90 Å². The summed E-state index contributed by atoms with van der Waals surface area (Å²) in [6.07, 6.45) is 0. The topological polar surface area (TPSA) is 139 Å². The van der Waals surface area contributed by atoms with E-state index in [4.69, 9.17) is 28.9 Å². The number of hydrogen-bond donors (Lipinski definition) is 1. The molecule has 3 rings (SSSR count). The number of amides is 1. The molecule has 2 aromatic heterocycles. The van der Waals surface area contributed by atoms with Crippen LogP contribution in [0.2, 0.25) is 0 Å². The summed E-state index contributed by atoms with van der Waals surface area (Å²) in [5.74, 6) is 0.816. The van der Waals surface area contributed by atoms with E-state index >= 15 is 0 Å². The molecule has 0 atom stereocenters. The van der Waals surface area contributed by atoms with Gasteiger partial charge >= 0.3 is 0 Å². The molecule has 0 aromatic carbocycles. The largest absolute Gasteiger partial charge is 0.492 e. The average Bonchev–Trinajstić information content (AvgIpc) is 2.90. The third-order valence-electron chi connectivity index (χ3n) is 6.07. The van der Waals surface area contributed by atoms with Crippen LogP contribution in [0, 0.1) is 0 Å². The second-order valence-electron chi connectivity index (χ2n) is 8.57. The number of carbonyl (C=O) groups excluding carboxylic acids is 1. The molecule has 1 amide bonds. The Kier molecular flexibility index (Phi) is 10.8. The molecule has 0 spiro atoms. The molecule has 14 heteroatoms. The van der Waals surface area contributed by atoms with Gasteiger partial charge in [0, 0.05) is 74.8 Å². The molecule has 1 aliphatic heterocycles. The van der Waals surface area contributed by atoms with Crippen LogP contribution in [0.15, 0.2) is 0 Å². The molecule has 3 heterocycles. The zero-order valence-corrected chi connectivity index (χ0v) is 22.3. The molecule has 0 aliphatic carbocycles. The molecule has 2 aromatic rings. The maximum absolute atomic E-state index is 12.6. The normalized spacial score (nSPS) is 14.0. The number of methoxy groups -OCH3 is 4. The highest BCUT2D eigenvalue weighted by Crippen LogP contribution is 2.32. The summed E-state index contributed by atoms with van der Waals surface area (Å²) in [5.41, 5.74) is 0.565. The van der Waals surface area contributed by atoms with Crippen LogP contribution in [0.5, 0.6) is 5.88 Å². The van der Waals surface area contributed by atoms with Gasteiger partial charge in [0.15, 0.2) is 11.3 Å². The number of carbonyl (C=O) groups is 1. The minimum atomic E-state index is -0.274. The summed E-state index contributed by atoms with van der Waals surface area (Å²) in [5, 5.41) is 11.0. The van der Waals surface area contributed by atoms with Crippen molar-refractivity contribution in [2.24, 2.45) is 0 Å². The lowest BCUT2D eigenvalue weighted by Gasteiger charge is -2.33. The van der Waals surface area contributed by atoms with Crippen LogP contribution in [-0.2, 0) is 23.7 Å². The molecule has 0 unspecified atom stereocenters. The van der Waals surface area contributed by atoms with Crippen LogP contribution in [-0.4, -0.2) is 144 Å². The number of hydrogen-bond acceptors (Lipinski definition) is 13. The highest BCUT2D eigenvalue weighted by Gasteiger charge is 2.28. The summed E-state index contributed by atoms with van der Waals surface area (Å²) in [4.78, 5) is 38.5. The van der Waals surface area contributed by atoms with E-state index in [0.717, 1.165) is 0 Å². The lowest BCUT2D eigenvalue weighted by atomic mass is 10.3. The van der Waals surface area contributed by atoms with Crippen molar-refractivity contribution in [3.05, 3.63) is 0 Å². The zero-order valence-electron chi connectivity index (χ0n) is 22.3. The number of aromatic nitrogens is 4. The number of nitrogens with zero attached hydrogens (tertiary/aromatic N) is 8. The fraction of sp³-hybridized carbons (Fsp3) is 0.696. The Balaban J connectivity index is 2.14. The zero-order chi connectivity index (χ0) is 26.8. The Labute approximate surface area is 217 Å². The molecule has 0 saturated carbocycles. The van der Waals surface area contributed by atoms with Crippen LogP contribution in [0.25, 0.3) is 11.0 Å². The maximum atomic E-state index is 12.6. The summed E-state index contributed by atoms with van der Waals surface area (Å²) < 4.78 is 21.0. The van der Waals surface area contributed by atoms with Gasteiger partial charge in [-0.05, 0) is 0 Å². The van der Waals surface area contributed by atoms with Gasteiger partial charge in [-0.15, -0.1) is 0 Å². The predicted octanol–water partition coefficient (Wildman–Crippen LogP) is -0.398. The molecule has 1 fully saturated rings. The third kappa shape index (κ3) is 7.25. The number of aromatic hydroxyl groups is 1. The SMILES string of the molecule is COCCN(CCOC)c1nc(N2CCN(C)C(=O)C2)c2nc(N(CCOC)CCOC)nc(O)c2n1. The number of anilines is 3. The van der Waals surface area contributed by atoms with Gasteiger partial charge in [-0.1, -0.05) is 0 Å². The van der Waals surface area contributed by atoms with Crippen molar-refractivity contribution in [1.29, 1.82) is 0 Å². The fourth-order valence-electron chi connectivity index (χ4n) is 3.84. The van der Waals surface area contributed by atoms with E-state index < -0.39 is 0 Å². The fourth-order valence-corrected chi connectivity index (χ4v) is 3.84. The summed E-state index contributed by atoms with van der Waals surface area (Å²) >= 11 is 0. The van der Waals surface area contributed by atoms with Gasteiger partial charge in [0.1, 0.15) is 5.52 Å². The Hall–Kier alpha value is -3.07. The van der Waals surface area contributed by atoms with E-state index in [2.05, 4.69) is 9.97 Å². The van der Waals surface area contributed by atoms with Crippen molar-refractivity contribution in [3.63, 3.8) is 0 Å². The molecule has 0 bridgehead atoms. The molecule has 1 aliphatic rings. The number of fused-ring (bicyclic) bond motifs is 1. The highest BCUT2D eigenvalue weighted by molar-refractivity contribution is 5.93. The molecule has 206 valence electrons. The predicted molar refractivity (Wildman–Crippen MR) is 139 cm³/mol. The second-order valence-corrected chi connectivity index (χ2v) is 8.57. The van der Waals surface area contributed by atoms with Crippen molar-refractivity contribution < 1.29 is 28.8 Å². The Morgan fingerprint density at radius 1 is 0.757 bits per heavy atom. The van der Waals surface area contributed by atoms with Crippen molar-refractivity contribution in [2.45, 2.75) is 0 Å². The summed E-state index contributed by atoms with van der Waals surface area (Å²) in [6, 6.07) is 0. The van der Waals surface area contributed by atoms with Crippen molar-refractivity contribution in [1.82, 2.24) is 24.8 Å². The van der Waals surface area contributed by atoms with E-state index in [0.29, 0.717) is 88.9 Å². The van der Waals surface area contributed by atoms with E-state index in [1.165, 1.54) is 0 Å². The van der Waals surface area contributed by atoms with Crippen LogP contribution in [0.3, 0.4) is 0 Å². The molecule has 14 nitrogen and oxygen atoms in total. The molecule has 37 heavy (non-hydrogen) atoms. The van der Waals surface area contributed by atoms with Gasteiger partial charge in [0.05, 0.1) is 33.0 Å². The van der Waals surface area contributed by atoms with Crippen LogP contribution in [0.4, 0.5) is 17.7 Å². The minimum absolute atomic E-state index is 0.0319. The average molecular weight is 523 g/mol. The maximum Gasteiger partial charge on any atom is 0.243 e. The molecular formula is C23H38N8O6. The van der Waals surface area contributed by atoms with Crippen LogP contribution in [0.1, 0.15) is 0 Å². The minimum Gasteiger partial charge on any atom is -0.492 e. The Morgan fingerprint density at radius 3 is 1.73 bits per heavy atom. The molecule has 1 N–H and O–H groups in total. The van der Waals surface area contributed by atoms with Crippen LogP contribution >= 0.6 is 0 Å². The summed E-state index contributed by atoms with van der Waals surface area (Å²) in [6.45, 7) is 5.00. The first-order valence-electron chi connectivity index (χ1n) is 12.2. The first-order chi connectivity index (χ1) is 17.9. The Morgan fingerprint density at radius 2 is 1.24 bits per heavy atom. The highest BCUT2D eigenvalue weighted by atomic mass is 16.5. The number of piperazine rings is 1. The molecular weight excluding hydrogens is 484 g/mol. The lowest BCUT2D eigenvalue weighted by molar-refractivity contribution is -0.129. The van der Waals surface area contributed by atoms with Crippen LogP contribution < -0.4 is 14.7 Å². The van der Waals surface area contributed by atoms with Gasteiger partial charge in [0.25, 0.3) is 0 Å². The van der Waals surface area contributed by atoms with Gasteiger partial charge < -0.3 is 43.7 Å². The van der Waals surface area contributed by atoms with Crippen molar-refractivity contribution >= 4 is 34.7 Å². The van der Waals surface area contributed by atoms with Gasteiger partial charge in [-0.2, -0.15) is 9.97 Å². The number of rotatable bonds is 15. The molecule has 0 radical (unpaired) electrons. The van der Waals surface area contributed by atoms with Crippen molar-refractivity contribution in [2.75, 3.05) is 122 Å². The van der Waals surface area contributed by atoms with Gasteiger partial charge in [0.2, 0.25) is 23.7 Å². The number of likely N-dealkylation sites (N-methyl/N-ethyl adjacent to an activating group) is 1. The monoisotopic (exact) mass is 522 g/mol. The standard InChI is InChI=1S/C23H38N8O6/c1-28-6-7-31(16-17(28)32)20-18-19(25-22(26-20)29(8-12-34-2)9-13-35-3)21(33)27-23(24-18)30(10-14-36-4)11-15-37-5/h6-16H2,1-5H3,(H,24,27,33). The van der Waals surface area contributed by atoms with Gasteiger partial charge in [-0.3, -0.25) is 4.79 Å². The van der Waals surface area contributed by atoms with E-state index in [1.54, 1.807) is 40.4 Å². The van der Waals surface area contributed by atoms with E-state index in [-0.39, 0.29) is 23.8 Å². The summed E-state index contributed by atoms with van der Waals surface area (Å²) in [7, 11) is 8.25. The first-order valence-corrected chi connectivity index (χ1v) is 12.2. The molecule has 1 saturated heterocycles. The smallest absolute Gasteiger partial charge is 0.243 e. The lowest BCUT2D eigenvalue weighted by Crippen LogP contribution is -2.49. The third-order valence-corrected chi connectivity index (χ3v) is 6.07. The van der Waals surface area contributed by atoms with E-state index in [1.807, 2.05) is 14.7 Å². The number of ether oxygens (including phenoxy) is 4. The van der Waals surface area contributed by atoms with Crippen molar-refractivity contribution in [3.8, 4) is 5.88 Å².